The van der Waals surface area contributed by atoms with Crippen molar-refractivity contribution in [2.45, 2.75) is 0 Å². The first-order valence-electron chi connectivity index (χ1n) is 2.44. The van der Waals surface area contributed by atoms with Gasteiger partial charge in [-0.1, -0.05) is 12.1 Å². The summed E-state index contributed by atoms with van der Waals surface area (Å²) >= 11 is 1.71. The molecule has 1 amide bonds. The van der Waals surface area contributed by atoms with E-state index in [1.807, 2.05) is 22.9 Å². The quantitative estimate of drug-likeness (QED) is 0.299. The Kier molecular flexibility index (Phi) is 5.41. The zero-order valence-electron chi connectivity index (χ0n) is 5.15. The fraction of sp³-hybridized carbons (Fsp3) is 0. The monoisotopic (exact) mass is 160 g/mol. The normalized spacial score (nSPS) is 7.30. The maximum Gasteiger partial charge on any atom is 0.418 e. The molecule has 1 heterocycles. The third kappa shape index (κ3) is 6.93. The molecule has 0 saturated carbocycles. The third-order valence-corrected chi connectivity index (χ3v) is 1.18. The minimum Gasteiger partial charge on any atom is -0.464 e. The van der Waals surface area contributed by atoms with Crippen LogP contribution in [-0.4, -0.2) is 11.2 Å². The highest BCUT2D eigenvalue weighted by Gasteiger charge is 1.77. The standard InChI is InChI=1S/C4H4S.CH4N2O2/c1-2-4-5-3-1;2-3-1(4)5/h1-4H;3H,2H2,(H,4,5). The van der Waals surface area contributed by atoms with E-state index >= 15 is 0 Å². The lowest BCUT2D eigenvalue weighted by atomic mass is 10.7. The molecule has 0 unspecified atom stereocenters. The summed E-state index contributed by atoms with van der Waals surface area (Å²) in [5.74, 6) is 4.32. The summed E-state index contributed by atoms with van der Waals surface area (Å²) in [6.45, 7) is 0. The molecule has 4 nitrogen and oxygen atoms in total. The first kappa shape index (κ1) is 8.93. The second kappa shape index (κ2) is 6.06. The Hall–Kier alpha value is -1.07. The molecule has 0 aliphatic carbocycles. The summed E-state index contributed by atoms with van der Waals surface area (Å²) in [5, 5.41) is 11.6. The van der Waals surface area contributed by atoms with E-state index in [4.69, 9.17) is 9.90 Å². The van der Waals surface area contributed by atoms with Crippen LogP contribution >= 0.6 is 11.3 Å². The maximum absolute atomic E-state index is 9.13. The van der Waals surface area contributed by atoms with Crippen molar-refractivity contribution >= 4 is 17.4 Å². The molecule has 1 rings (SSSR count). The minimum absolute atomic E-state index is 1.22. The molecule has 1 aromatic heterocycles. The zero-order valence-corrected chi connectivity index (χ0v) is 5.97. The average molecular weight is 160 g/mol. The summed E-state index contributed by atoms with van der Waals surface area (Å²) in [4.78, 5) is 9.13. The van der Waals surface area contributed by atoms with E-state index in [2.05, 4.69) is 5.84 Å². The minimum atomic E-state index is -1.22. The maximum atomic E-state index is 9.13. The summed E-state index contributed by atoms with van der Waals surface area (Å²) < 4.78 is 0. The number of amides is 1. The van der Waals surface area contributed by atoms with Gasteiger partial charge in [-0.25, -0.2) is 10.6 Å². The van der Waals surface area contributed by atoms with Gasteiger partial charge in [0.15, 0.2) is 0 Å². The highest BCUT2D eigenvalue weighted by Crippen LogP contribution is 1.91. The van der Waals surface area contributed by atoms with Crippen LogP contribution in [0.2, 0.25) is 0 Å². The number of carboxylic acid groups (broad SMARTS) is 1. The van der Waals surface area contributed by atoms with E-state index in [1.165, 1.54) is 5.43 Å². The highest BCUT2D eigenvalue weighted by atomic mass is 32.1. The SMILES string of the molecule is NNC(=O)O.c1ccsc1. The van der Waals surface area contributed by atoms with Crippen molar-refractivity contribution in [3.05, 3.63) is 22.9 Å². The van der Waals surface area contributed by atoms with Gasteiger partial charge in [0.05, 0.1) is 0 Å². The predicted molar refractivity (Wildman–Crippen MR) is 39.7 cm³/mol. The zero-order chi connectivity index (χ0) is 7.82. The molecule has 5 heteroatoms. The Morgan fingerprint density at radius 1 is 1.50 bits per heavy atom. The van der Waals surface area contributed by atoms with Crippen molar-refractivity contribution in [1.29, 1.82) is 0 Å². The number of hydrogen-bond donors (Lipinski definition) is 3. The van der Waals surface area contributed by atoms with E-state index in [1.54, 1.807) is 11.3 Å². The Labute approximate surface area is 62.3 Å². The lowest BCUT2D eigenvalue weighted by Gasteiger charge is -1.79. The van der Waals surface area contributed by atoms with Crippen molar-refractivity contribution < 1.29 is 9.90 Å². The first-order chi connectivity index (χ1) is 4.77. The Morgan fingerprint density at radius 3 is 2.00 bits per heavy atom. The molecular weight excluding hydrogens is 152 g/mol. The van der Waals surface area contributed by atoms with Crippen molar-refractivity contribution in [2.75, 3.05) is 0 Å². The molecule has 0 aliphatic rings. The van der Waals surface area contributed by atoms with E-state index in [0.717, 1.165) is 0 Å². The second-order valence-electron chi connectivity index (χ2n) is 1.24. The molecule has 56 valence electrons. The third-order valence-electron chi connectivity index (χ3n) is 0.549. The Balaban J connectivity index is 0.000000162. The fourth-order valence-electron chi connectivity index (χ4n) is 0.227. The van der Waals surface area contributed by atoms with Crippen LogP contribution in [0.3, 0.4) is 0 Å². The van der Waals surface area contributed by atoms with Gasteiger partial charge in [0.25, 0.3) is 0 Å². The molecule has 0 saturated heterocycles. The first-order valence-corrected chi connectivity index (χ1v) is 3.38. The molecule has 10 heavy (non-hydrogen) atoms. The van der Waals surface area contributed by atoms with Crippen LogP contribution in [0.4, 0.5) is 4.79 Å². The predicted octanol–water partition coefficient (Wildman–Crippen LogP) is 0.876. The van der Waals surface area contributed by atoms with Gasteiger partial charge in [0.2, 0.25) is 0 Å². The summed E-state index contributed by atoms with van der Waals surface area (Å²) in [5.41, 5.74) is 1.44. The van der Waals surface area contributed by atoms with Crippen LogP contribution in [0.5, 0.6) is 0 Å². The van der Waals surface area contributed by atoms with Crippen LogP contribution in [-0.2, 0) is 0 Å². The number of thiophene rings is 1. The van der Waals surface area contributed by atoms with E-state index < -0.39 is 6.09 Å². The van der Waals surface area contributed by atoms with Crippen LogP contribution in [0.15, 0.2) is 22.9 Å². The number of carbonyl (C=O) groups is 1. The van der Waals surface area contributed by atoms with Gasteiger partial charge in [-0.15, -0.1) is 0 Å². The molecule has 1 aromatic rings. The highest BCUT2D eigenvalue weighted by molar-refractivity contribution is 7.07. The lowest BCUT2D eigenvalue weighted by molar-refractivity contribution is 0.194. The van der Waals surface area contributed by atoms with Gasteiger partial charge in [-0.2, -0.15) is 11.3 Å². The van der Waals surface area contributed by atoms with E-state index in [9.17, 15) is 0 Å². The number of hydrogen-bond acceptors (Lipinski definition) is 3. The molecular formula is C5H8N2O2S. The topological polar surface area (TPSA) is 75.3 Å². The molecule has 4 N–H and O–H groups in total. The van der Waals surface area contributed by atoms with Crippen molar-refractivity contribution in [3.63, 3.8) is 0 Å². The van der Waals surface area contributed by atoms with Gasteiger partial charge in [0.1, 0.15) is 0 Å². The van der Waals surface area contributed by atoms with Gasteiger partial charge < -0.3 is 5.11 Å². The Morgan fingerprint density at radius 2 is 1.90 bits per heavy atom. The number of nitrogens with one attached hydrogen (secondary N) is 1. The summed E-state index contributed by atoms with van der Waals surface area (Å²) in [6.07, 6.45) is -1.22. The van der Waals surface area contributed by atoms with Crippen LogP contribution in [0.1, 0.15) is 0 Å². The number of nitrogens with two attached hydrogens (primary N) is 1. The molecule has 0 atom stereocenters. The molecule has 0 spiro atoms. The molecule has 0 aliphatic heterocycles. The molecule has 0 radical (unpaired) electrons. The summed E-state index contributed by atoms with van der Waals surface area (Å²) in [7, 11) is 0. The largest absolute Gasteiger partial charge is 0.464 e. The smallest absolute Gasteiger partial charge is 0.418 e. The fourth-order valence-corrected chi connectivity index (χ4v) is 0.680. The van der Waals surface area contributed by atoms with Crippen LogP contribution in [0.25, 0.3) is 0 Å². The Bertz CT molecular complexity index is 147. The van der Waals surface area contributed by atoms with Gasteiger partial charge in [-0.05, 0) is 10.8 Å². The van der Waals surface area contributed by atoms with Gasteiger partial charge in [0, 0.05) is 0 Å². The molecule has 0 aromatic carbocycles. The second-order valence-corrected chi connectivity index (χ2v) is 2.06. The van der Waals surface area contributed by atoms with Crippen LogP contribution < -0.4 is 11.3 Å². The number of hydrazine groups is 1. The van der Waals surface area contributed by atoms with E-state index in [0.29, 0.717) is 0 Å². The van der Waals surface area contributed by atoms with Crippen molar-refractivity contribution in [2.24, 2.45) is 5.84 Å². The van der Waals surface area contributed by atoms with E-state index in [-0.39, 0.29) is 0 Å². The molecule has 0 fully saturated rings. The van der Waals surface area contributed by atoms with Gasteiger partial charge >= 0.3 is 6.09 Å². The van der Waals surface area contributed by atoms with Crippen molar-refractivity contribution in [1.82, 2.24) is 5.43 Å². The van der Waals surface area contributed by atoms with Crippen molar-refractivity contribution in [3.8, 4) is 0 Å². The van der Waals surface area contributed by atoms with Gasteiger partial charge in [-0.3, -0.25) is 5.43 Å². The lowest BCUT2D eigenvalue weighted by Crippen LogP contribution is -2.27. The molecule has 0 bridgehead atoms. The average Bonchev–Trinajstić information content (AvgIpc) is 2.43. The summed E-state index contributed by atoms with van der Waals surface area (Å²) in [6, 6.07) is 4.04. The van der Waals surface area contributed by atoms with Crippen LogP contribution in [0, 0.1) is 0 Å². The number of rotatable bonds is 0.